The fourth-order valence-electron chi connectivity index (χ4n) is 4.06. The number of para-hydroxylation sites is 1. The first-order valence-corrected chi connectivity index (χ1v) is 9.83. The molecular weight excluding hydrogens is 363 g/mol. The van der Waals surface area contributed by atoms with Gasteiger partial charge in [0.25, 0.3) is 0 Å². The first-order chi connectivity index (χ1) is 14.2. The van der Waals surface area contributed by atoms with Crippen LogP contribution in [0.4, 0.5) is 21.8 Å². The summed E-state index contributed by atoms with van der Waals surface area (Å²) in [5.74, 6) is 1.16. The van der Waals surface area contributed by atoms with E-state index < -0.39 is 0 Å². The van der Waals surface area contributed by atoms with Crippen LogP contribution in [0.2, 0.25) is 0 Å². The maximum Gasteiger partial charge on any atom is 0.229 e. The molecule has 3 aromatic carbocycles. The van der Waals surface area contributed by atoms with Gasteiger partial charge in [-0.25, -0.2) is 9.37 Å². The van der Waals surface area contributed by atoms with Crippen molar-refractivity contribution in [1.29, 1.82) is 0 Å². The molecule has 1 aliphatic heterocycles. The van der Waals surface area contributed by atoms with Gasteiger partial charge in [-0.3, -0.25) is 0 Å². The maximum atomic E-state index is 13.2. The number of halogens is 1. The Morgan fingerprint density at radius 1 is 0.931 bits per heavy atom. The molecule has 5 heteroatoms. The topological polar surface area (TPSA) is 41.1 Å². The van der Waals surface area contributed by atoms with Gasteiger partial charge in [-0.15, -0.1) is 0 Å². The highest BCUT2D eigenvalue weighted by molar-refractivity contribution is 5.91. The molecule has 0 saturated heterocycles. The number of benzene rings is 3. The summed E-state index contributed by atoms with van der Waals surface area (Å²) >= 11 is 0. The average Bonchev–Trinajstić information content (AvgIpc) is 2.75. The lowest BCUT2D eigenvalue weighted by Crippen LogP contribution is -2.34. The van der Waals surface area contributed by atoms with E-state index in [0.29, 0.717) is 5.95 Å². The lowest BCUT2D eigenvalue weighted by molar-refractivity contribution is 0.619. The Hall–Kier alpha value is -3.47. The number of hydrogen-bond donors (Lipinski definition) is 1. The van der Waals surface area contributed by atoms with Crippen molar-refractivity contribution in [3.8, 4) is 0 Å². The smallest absolute Gasteiger partial charge is 0.229 e. The SMILES string of the molecule is CC1c2ccccc2CCN1c1nc(Nc2ccc(F)cc2)nc2ccccc12. The predicted octanol–water partition coefficient (Wildman–Crippen LogP) is 5.64. The number of hydrogen-bond acceptors (Lipinski definition) is 4. The molecule has 4 nitrogen and oxygen atoms in total. The van der Waals surface area contributed by atoms with E-state index in [0.717, 1.165) is 35.4 Å². The van der Waals surface area contributed by atoms with Crippen molar-refractivity contribution in [2.45, 2.75) is 19.4 Å². The summed E-state index contributed by atoms with van der Waals surface area (Å²) in [6, 6.07) is 23.1. The molecule has 0 saturated carbocycles. The van der Waals surface area contributed by atoms with Crippen LogP contribution in [0.3, 0.4) is 0 Å². The first-order valence-electron chi connectivity index (χ1n) is 9.83. The highest BCUT2D eigenvalue weighted by Gasteiger charge is 2.26. The van der Waals surface area contributed by atoms with Crippen LogP contribution in [0, 0.1) is 5.82 Å². The second kappa shape index (κ2) is 7.17. The Balaban J connectivity index is 1.58. The quantitative estimate of drug-likeness (QED) is 0.497. The van der Waals surface area contributed by atoms with E-state index in [4.69, 9.17) is 4.98 Å². The second-order valence-corrected chi connectivity index (χ2v) is 7.34. The molecule has 1 aromatic heterocycles. The zero-order chi connectivity index (χ0) is 19.8. The van der Waals surface area contributed by atoms with Crippen molar-refractivity contribution >= 4 is 28.4 Å². The molecule has 0 bridgehead atoms. The molecule has 0 spiro atoms. The van der Waals surface area contributed by atoms with Crippen LogP contribution in [0.25, 0.3) is 10.9 Å². The van der Waals surface area contributed by atoms with Gasteiger partial charge in [0.05, 0.1) is 11.6 Å². The zero-order valence-corrected chi connectivity index (χ0v) is 16.1. The molecule has 0 amide bonds. The van der Waals surface area contributed by atoms with Crippen LogP contribution in [0.5, 0.6) is 0 Å². The van der Waals surface area contributed by atoms with E-state index in [9.17, 15) is 4.39 Å². The molecule has 1 N–H and O–H groups in total. The molecule has 0 fully saturated rings. The predicted molar refractivity (Wildman–Crippen MR) is 115 cm³/mol. The van der Waals surface area contributed by atoms with Crippen molar-refractivity contribution in [3.05, 3.63) is 89.7 Å². The Labute approximate surface area is 169 Å². The second-order valence-electron chi connectivity index (χ2n) is 7.34. The van der Waals surface area contributed by atoms with Crippen LogP contribution in [-0.2, 0) is 6.42 Å². The monoisotopic (exact) mass is 384 g/mol. The Kier molecular flexibility index (Phi) is 4.35. The van der Waals surface area contributed by atoms with Gasteiger partial charge >= 0.3 is 0 Å². The summed E-state index contributed by atoms with van der Waals surface area (Å²) in [6.07, 6.45) is 0.986. The van der Waals surface area contributed by atoms with Gasteiger partial charge in [0.2, 0.25) is 5.95 Å². The van der Waals surface area contributed by atoms with Crippen molar-refractivity contribution in [1.82, 2.24) is 9.97 Å². The van der Waals surface area contributed by atoms with Gasteiger partial charge in [0, 0.05) is 17.6 Å². The normalized spacial score (nSPS) is 15.9. The molecule has 2 heterocycles. The van der Waals surface area contributed by atoms with Crippen LogP contribution in [-0.4, -0.2) is 16.5 Å². The highest BCUT2D eigenvalue weighted by Crippen LogP contribution is 2.36. The standard InChI is InChI=1S/C24H21FN4/c1-16-20-7-3-2-6-17(20)14-15-29(16)23-21-8-4-5-9-22(21)27-24(28-23)26-19-12-10-18(25)11-13-19/h2-13,16H,14-15H2,1H3,(H,26,27,28). The molecule has 0 radical (unpaired) electrons. The molecular formula is C24H21FN4. The fraction of sp³-hybridized carbons (Fsp3) is 0.167. The summed E-state index contributed by atoms with van der Waals surface area (Å²) in [5, 5.41) is 4.25. The minimum Gasteiger partial charge on any atom is -0.349 e. The molecule has 29 heavy (non-hydrogen) atoms. The van der Waals surface area contributed by atoms with Crippen LogP contribution in [0.15, 0.2) is 72.8 Å². The third-order valence-corrected chi connectivity index (χ3v) is 5.55. The summed E-state index contributed by atoms with van der Waals surface area (Å²) in [4.78, 5) is 11.9. The number of nitrogens with one attached hydrogen (secondary N) is 1. The van der Waals surface area contributed by atoms with Gasteiger partial charge in [-0.1, -0.05) is 36.4 Å². The van der Waals surface area contributed by atoms with Gasteiger partial charge in [0.1, 0.15) is 11.6 Å². The highest BCUT2D eigenvalue weighted by atomic mass is 19.1. The third kappa shape index (κ3) is 3.29. The minimum absolute atomic E-state index is 0.219. The van der Waals surface area contributed by atoms with Crippen LogP contribution >= 0.6 is 0 Å². The Morgan fingerprint density at radius 3 is 2.55 bits per heavy atom. The summed E-state index contributed by atoms with van der Waals surface area (Å²) in [5.41, 5.74) is 4.38. The van der Waals surface area contributed by atoms with E-state index in [1.807, 2.05) is 18.2 Å². The van der Waals surface area contributed by atoms with E-state index in [1.165, 1.54) is 23.3 Å². The largest absolute Gasteiger partial charge is 0.349 e. The van der Waals surface area contributed by atoms with E-state index in [1.54, 1.807) is 12.1 Å². The zero-order valence-electron chi connectivity index (χ0n) is 16.1. The Morgan fingerprint density at radius 2 is 1.69 bits per heavy atom. The van der Waals surface area contributed by atoms with Gasteiger partial charge < -0.3 is 10.2 Å². The summed E-state index contributed by atoms with van der Waals surface area (Å²) in [6.45, 7) is 3.12. The third-order valence-electron chi connectivity index (χ3n) is 5.55. The molecule has 4 aromatic rings. The minimum atomic E-state index is -0.267. The van der Waals surface area contributed by atoms with E-state index in [2.05, 4.69) is 52.5 Å². The van der Waals surface area contributed by atoms with Crippen LogP contribution < -0.4 is 10.2 Å². The van der Waals surface area contributed by atoms with Gasteiger partial charge in [0.15, 0.2) is 0 Å². The van der Waals surface area contributed by atoms with Crippen molar-refractivity contribution < 1.29 is 4.39 Å². The average molecular weight is 384 g/mol. The van der Waals surface area contributed by atoms with Crippen molar-refractivity contribution in [2.75, 3.05) is 16.8 Å². The van der Waals surface area contributed by atoms with Gasteiger partial charge in [-0.05, 0) is 60.9 Å². The summed E-state index contributed by atoms with van der Waals surface area (Å²) < 4.78 is 13.2. The number of aromatic nitrogens is 2. The number of anilines is 3. The number of nitrogens with zero attached hydrogens (tertiary/aromatic N) is 3. The number of rotatable bonds is 3. The molecule has 5 rings (SSSR count). The van der Waals surface area contributed by atoms with Gasteiger partial charge in [-0.2, -0.15) is 4.98 Å². The Bertz CT molecular complexity index is 1170. The molecule has 1 unspecified atom stereocenters. The molecule has 0 aliphatic carbocycles. The molecule has 144 valence electrons. The van der Waals surface area contributed by atoms with E-state index in [-0.39, 0.29) is 11.9 Å². The number of fused-ring (bicyclic) bond motifs is 2. The lowest BCUT2D eigenvalue weighted by atomic mass is 9.93. The fourth-order valence-corrected chi connectivity index (χ4v) is 4.06. The summed E-state index contributed by atoms with van der Waals surface area (Å²) in [7, 11) is 0. The first kappa shape index (κ1) is 17.6. The van der Waals surface area contributed by atoms with E-state index >= 15 is 0 Å². The molecule has 1 atom stereocenters. The van der Waals surface area contributed by atoms with Crippen molar-refractivity contribution in [3.63, 3.8) is 0 Å². The van der Waals surface area contributed by atoms with Crippen molar-refractivity contribution in [2.24, 2.45) is 0 Å². The van der Waals surface area contributed by atoms with Crippen LogP contribution in [0.1, 0.15) is 24.1 Å². The lowest BCUT2D eigenvalue weighted by Gasteiger charge is -2.36. The molecule has 1 aliphatic rings. The maximum absolute atomic E-state index is 13.2.